The highest BCUT2D eigenvalue weighted by Gasteiger charge is 2.39. The first-order valence-electron chi connectivity index (χ1n) is 3.87. The van der Waals surface area contributed by atoms with Crippen molar-refractivity contribution >= 4 is 0 Å². The van der Waals surface area contributed by atoms with E-state index in [1.165, 1.54) is 0 Å². The maximum absolute atomic E-state index is 9.32. The number of nitrogens with two attached hydrogens (primary N) is 1. The molecule has 4 nitrogen and oxygen atoms in total. The van der Waals surface area contributed by atoms with Crippen LogP contribution >= 0.6 is 0 Å². The Morgan fingerprint density at radius 3 is 2.00 bits per heavy atom. The summed E-state index contributed by atoms with van der Waals surface area (Å²) in [6, 6.07) is 0. The van der Waals surface area contributed by atoms with E-state index in [0.29, 0.717) is 13.0 Å². The molecule has 0 saturated heterocycles. The molecule has 0 spiro atoms. The van der Waals surface area contributed by atoms with E-state index in [1.54, 1.807) is 0 Å². The van der Waals surface area contributed by atoms with Gasteiger partial charge in [0.2, 0.25) is 0 Å². The fourth-order valence-corrected chi connectivity index (χ4v) is 1.64. The van der Waals surface area contributed by atoms with Gasteiger partial charge in [0.05, 0.1) is 12.2 Å². The summed E-state index contributed by atoms with van der Waals surface area (Å²) >= 11 is 0. The van der Waals surface area contributed by atoms with Crippen LogP contribution in [0.5, 0.6) is 0 Å². The van der Waals surface area contributed by atoms with Crippen LogP contribution in [-0.4, -0.2) is 40.7 Å². The highest BCUT2D eigenvalue weighted by atomic mass is 16.3. The summed E-state index contributed by atoms with van der Waals surface area (Å²) in [5.41, 5.74) is 5.35. The molecular formula is C7H15NO3. The van der Waals surface area contributed by atoms with Crippen molar-refractivity contribution in [2.24, 2.45) is 17.6 Å². The van der Waals surface area contributed by atoms with Gasteiger partial charge in [-0.15, -0.1) is 0 Å². The molecule has 1 fully saturated rings. The van der Waals surface area contributed by atoms with Crippen molar-refractivity contribution in [3.05, 3.63) is 0 Å². The van der Waals surface area contributed by atoms with Crippen molar-refractivity contribution in [3.63, 3.8) is 0 Å². The van der Waals surface area contributed by atoms with Gasteiger partial charge < -0.3 is 21.1 Å². The maximum atomic E-state index is 9.32. The Balaban J connectivity index is 2.53. The Labute approximate surface area is 65.6 Å². The first kappa shape index (κ1) is 8.93. The van der Waals surface area contributed by atoms with Gasteiger partial charge >= 0.3 is 0 Å². The fourth-order valence-electron chi connectivity index (χ4n) is 1.64. The van der Waals surface area contributed by atoms with Crippen molar-refractivity contribution in [1.29, 1.82) is 0 Å². The summed E-state index contributed by atoms with van der Waals surface area (Å²) in [6.45, 7) is 0.295. The molecule has 1 saturated carbocycles. The van der Waals surface area contributed by atoms with Crippen molar-refractivity contribution in [2.45, 2.75) is 18.6 Å². The lowest BCUT2D eigenvalue weighted by molar-refractivity contribution is -0.00476. The summed E-state index contributed by atoms with van der Waals surface area (Å²) < 4.78 is 0. The molecule has 0 bridgehead atoms. The first-order valence-corrected chi connectivity index (χ1v) is 3.87. The molecule has 0 radical (unpaired) electrons. The van der Waals surface area contributed by atoms with Gasteiger partial charge in [-0.05, 0) is 13.0 Å². The zero-order chi connectivity index (χ0) is 8.43. The lowest BCUT2D eigenvalue weighted by atomic mass is 10.1. The molecule has 5 N–H and O–H groups in total. The van der Waals surface area contributed by atoms with Crippen LogP contribution in [0.1, 0.15) is 6.42 Å². The number of aliphatic hydroxyl groups excluding tert-OH is 3. The highest BCUT2D eigenvalue weighted by molar-refractivity contribution is 4.90. The van der Waals surface area contributed by atoms with Crippen LogP contribution in [0.4, 0.5) is 0 Å². The molecule has 1 aliphatic carbocycles. The molecule has 1 aliphatic rings. The van der Waals surface area contributed by atoms with Gasteiger partial charge in [-0.1, -0.05) is 0 Å². The highest BCUT2D eigenvalue weighted by Crippen LogP contribution is 2.30. The molecule has 66 valence electrons. The molecular weight excluding hydrogens is 146 g/mol. The van der Waals surface area contributed by atoms with E-state index < -0.39 is 12.2 Å². The molecule has 0 aromatic carbocycles. The van der Waals surface area contributed by atoms with Crippen LogP contribution in [0, 0.1) is 11.8 Å². The number of hydrogen-bond acceptors (Lipinski definition) is 4. The summed E-state index contributed by atoms with van der Waals surface area (Å²) in [7, 11) is 0. The van der Waals surface area contributed by atoms with E-state index in [0.717, 1.165) is 0 Å². The summed E-state index contributed by atoms with van der Waals surface area (Å²) in [6.07, 6.45) is -0.930. The first-order chi connectivity index (χ1) is 5.20. The van der Waals surface area contributed by atoms with Gasteiger partial charge in [0.25, 0.3) is 0 Å². The van der Waals surface area contributed by atoms with Crippen LogP contribution in [0.3, 0.4) is 0 Å². The van der Waals surface area contributed by atoms with E-state index in [4.69, 9.17) is 10.8 Å². The number of rotatable bonds is 2. The maximum Gasteiger partial charge on any atom is 0.0852 e. The van der Waals surface area contributed by atoms with E-state index in [9.17, 15) is 10.2 Å². The van der Waals surface area contributed by atoms with Crippen LogP contribution < -0.4 is 5.73 Å². The standard InChI is InChI=1S/C7H15NO3/c8-2-4-1-5(3-9)7(11)6(4)10/h4-7,9-11H,1-3,8H2/t4-,5-,6+,7-/m1/s1. The van der Waals surface area contributed by atoms with Gasteiger partial charge in [0.1, 0.15) is 0 Å². The van der Waals surface area contributed by atoms with Crippen molar-refractivity contribution < 1.29 is 15.3 Å². The van der Waals surface area contributed by atoms with E-state index in [2.05, 4.69) is 0 Å². The lowest BCUT2D eigenvalue weighted by Crippen LogP contribution is -2.31. The van der Waals surface area contributed by atoms with Crippen LogP contribution in [0.2, 0.25) is 0 Å². The van der Waals surface area contributed by atoms with E-state index >= 15 is 0 Å². The molecule has 0 unspecified atom stereocenters. The summed E-state index contributed by atoms with van der Waals surface area (Å²) in [5, 5.41) is 27.4. The lowest BCUT2D eigenvalue weighted by Gasteiger charge is -2.14. The SMILES string of the molecule is NC[C@H]1C[C@H](CO)[C@@H](O)[C@H]1O. The topological polar surface area (TPSA) is 86.7 Å². The fraction of sp³-hybridized carbons (Fsp3) is 1.00. The van der Waals surface area contributed by atoms with Gasteiger partial charge in [-0.3, -0.25) is 0 Å². The Bertz CT molecular complexity index is 113. The smallest absolute Gasteiger partial charge is 0.0852 e. The monoisotopic (exact) mass is 161 g/mol. The molecule has 0 heterocycles. The van der Waals surface area contributed by atoms with Crippen molar-refractivity contribution in [3.8, 4) is 0 Å². The Morgan fingerprint density at radius 2 is 1.73 bits per heavy atom. The molecule has 0 aliphatic heterocycles. The van der Waals surface area contributed by atoms with Gasteiger partial charge in [-0.25, -0.2) is 0 Å². The molecule has 11 heavy (non-hydrogen) atoms. The third-order valence-corrected chi connectivity index (χ3v) is 2.46. The molecule has 4 heteroatoms. The second kappa shape index (κ2) is 3.49. The zero-order valence-corrected chi connectivity index (χ0v) is 6.35. The second-order valence-corrected chi connectivity index (χ2v) is 3.16. The Kier molecular flexibility index (Phi) is 2.84. The third-order valence-electron chi connectivity index (χ3n) is 2.46. The molecule has 0 aromatic rings. The predicted molar refractivity (Wildman–Crippen MR) is 39.8 cm³/mol. The van der Waals surface area contributed by atoms with E-state index in [-0.39, 0.29) is 18.4 Å². The van der Waals surface area contributed by atoms with Crippen LogP contribution in [0.15, 0.2) is 0 Å². The van der Waals surface area contributed by atoms with Crippen molar-refractivity contribution in [2.75, 3.05) is 13.2 Å². The largest absolute Gasteiger partial charge is 0.396 e. The zero-order valence-electron chi connectivity index (χ0n) is 6.35. The number of aliphatic hydroxyl groups is 3. The van der Waals surface area contributed by atoms with Gasteiger partial charge in [-0.2, -0.15) is 0 Å². The molecule has 1 rings (SSSR count). The van der Waals surface area contributed by atoms with Gasteiger partial charge in [0, 0.05) is 18.4 Å². The molecule has 0 amide bonds. The van der Waals surface area contributed by atoms with Gasteiger partial charge in [0.15, 0.2) is 0 Å². The number of hydrogen-bond donors (Lipinski definition) is 4. The minimum Gasteiger partial charge on any atom is -0.396 e. The second-order valence-electron chi connectivity index (χ2n) is 3.16. The van der Waals surface area contributed by atoms with Crippen molar-refractivity contribution in [1.82, 2.24) is 0 Å². The van der Waals surface area contributed by atoms with Crippen LogP contribution in [-0.2, 0) is 0 Å². The Hall–Kier alpha value is -0.160. The normalized spacial score (nSPS) is 44.7. The summed E-state index contributed by atoms with van der Waals surface area (Å²) in [5.74, 6) is -0.249. The average Bonchev–Trinajstić information content (AvgIpc) is 2.30. The average molecular weight is 161 g/mol. The minimum atomic E-state index is -0.798. The van der Waals surface area contributed by atoms with E-state index in [1.807, 2.05) is 0 Å². The molecule has 4 atom stereocenters. The Morgan fingerprint density at radius 1 is 1.18 bits per heavy atom. The molecule has 0 aromatic heterocycles. The minimum absolute atomic E-state index is 0.0536. The summed E-state index contributed by atoms with van der Waals surface area (Å²) in [4.78, 5) is 0. The van der Waals surface area contributed by atoms with Crippen LogP contribution in [0.25, 0.3) is 0 Å². The predicted octanol–water partition coefficient (Wildman–Crippen LogP) is -1.70. The quantitative estimate of drug-likeness (QED) is 0.388. The third kappa shape index (κ3) is 1.54.